The molecular formula is C28H24N4O4. The van der Waals surface area contributed by atoms with E-state index in [2.05, 4.69) is 21.2 Å². The maximum atomic E-state index is 12.3. The van der Waals surface area contributed by atoms with Crippen molar-refractivity contribution in [2.24, 2.45) is 5.10 Å². The molecule has 3 amide bonds. The fourth-order valence-electron chi connectivity index (χ4n) is 3.36. The second-order valence-electron chi connectivity index (χ2n) is 7.95. The first-order valence-corrected chi connectivity index (χ1v) is 11.2. The van der Waals surface area contributed by atoms with Crippen molar-refractivity contribution in [1.82, 2.24) is 5.43 Å². The van der Waals surface area contributed by atoms with Crippen LogP contribution >= 0.6 is 0 Å². The number of carbonyl (C=O) groups excluding carboxylic acids is 3. The lowest BCUT2D eigenvalue weighted by molar-refractivity contribution is -0.136. The lowest BCUT2D eigenvalue weighted by Gasteiger charge is -2.08. The molecule has 180 valence electrons. The van der Waals surface area contributed by atoms with Crippen molar-refractivity contribution in [1.29, 1.82) is 0 Å². The second-order valence-corrected chi connectivity index (χ2v) is 7.95. The molecule has 0 aliphatic carbocycles. The van der Waals surface area contributed by atoms with Crippen molar-refractivity contribution >= 4 is 46.1 Å². The number of hydrogen-bond donors (Lipinski definition) is 3. The van der Waals surface area contributed by atoms with Gasteiger partial charge in [-0.2, -0.15) is 5.10 Å². The molecule has 8 heteroatoms. The molecule has 4 aromatic carbocycles. The number of amides is 3. The zero-order valence-corrected chi connectivity index (χ0v) is 19.5. The summed E-state index contributed by atoms with van der Waals surface area (Å²) >= 11 is 0. The third kappa shape index (κ3) is 6.54. The van der Waals surface area contributed by atoms with Gasteiger partial charge in [0.1, 0.15) is 5.75 Å². The molecule has 0 unspecified atom stereocenters. The number of hydrazone groups is 1. The van der Waals surface area contributed by atoms with Crippen LogP contribution in [0.5, 0.6) is 5.75 Å². The number of aryl methyl sites for hydroxylation is 1. The Morgan fingerprint density at radius 3 is 2.31 bits per heavy atom. The van der Waals surface area contributed by atoms with E-state index in [-0.39, 0.29) is 12.5 Å². The van der Waals surface area contributed by atoms with Crippen molar-refractivity contribution in [3.63, 3.8) is 0 Å². The highest BCUT2D eigenvalue weighted by Gasteiger charge is 2.14. The summed E-state index contributed by atoms with van der Waals surface area (Å²) in [5.74, 6) is -1.48. The summed E-state index contributed by atoms with van der Waals surface area (Å²) in [6, 6.07) is 27.3. The van der Waals surface area contributed by atoms with Crippen LogP contribution in [0.1, 0.15) is 11.1 Å². The fraction of sp³-hybridized carbons (Fsp3) is 0.0714. The van der Waals surface area contributed by atoms with Crippen molar-refractivity contribution < 1.29 is 19.1 Å². The number of benzene rings is 4. The topological polar surface area (TPSA) is 109 Å². The van der Waals surface area contributed by atoms with Gasteiger partial charge in [-0.05, 0) is 60.3 Å². The molecule has 3 N–H and O–H groups in total. The summed E-state index contributed by atoms with van der Waals surface area (Å²) < 4.78 is 5.50. The molecule has 0 fully saturated rings. The Hall–Kier alpha value is -4.98. The van der Waals surface area contributed by atoms with Gasteiger partial charge in [-0.25, -0.2) is 5.43 Å². The van der Waals surface area contributed by atoms with Crippen LogP contribution in [-0.4, -0.2) is 30.5 Å². The molecule has 36 heavy (non-hydrogen) atoms. The predicted octanol–water partition coefficient (Wildman–Crippen LogP) is 4.25. The minimum atomic E-state index is -0.890. The predicted molar refractivity (Wildman–Crippen MR) is 140 cm³/mol. The summed E-state index contributed by atoms with van der Waals surface area (Å²) in [5, 5.41) is 11.0. The highest BCUT2D eigenvalue weighted by atomic mass is 16.5. The van der Waals surface area contributed by atoms with Crippen LogP contribution in [0.4, 0.5) is 11.4 Å². The van der Waals surface area contributed by atoms with Crippen LogP contribution in [0.15, 0.2) is 96.1 Å². The first-order chi connectivity index (χ1) is 17.5. The molecule has 0 heterocycles. The van der Waals surface area contributed by atoms with Gasteiger partial charge in [0.2, 0.25) is 0 Å². The van der Waals surface area contributed by atoms with Crippen molar-refractivity contribution in [2.45, 2.75) is 6.92 Å². The van der Waals surface area contributed by atoms with E-state index in [0.29, 0.717) is 22.7 Å². The van der Waals surface area contributed by atoms with E-state index >= 15 is 0 Å². The van der Waals surface area contributed by atoms with E-state index in [9.17, 15) is 14.4 Å². The number of carbonyl (C=O) groups is 3. The molecule has 0 bridgehead atoms. The highest BCUT2D eigenvalue weighted by Crippen LogP contribution is 2.22. The third-order valence-corrected chi connectivity index (χ3v) is 5.21. The van der Waals surface area contributed by atoms with Gasteiger partial charge in [-0.1, -0.05) is 54.1 Å². The summed E-state index contributed by atoms with van der Waals surface area (Å²) in [5.41, 5.74) is 5.24. The van der Waals surface area contributed by atoms with E-state index < -0.39 is 11.8 Å². The van der Waals surface area contributed by atoms with Crippen LogP contribution < -0.4 is 20.8 Å². The van der Waals surface area contributed by atoms with Crippen molar-refractivity contribution in [3.05, 3.63) is 102 Å². The molecular weight excluding hydrogens is 456 g/mol. The second kappa shape index (κ2) is 11.4. The summed E-state index contributed by atoms with van der Waals surface area (Å²) in [6.07, 6.45) is 1.40. The van der Waals surface area contributed by atoms with Gasteiger partial charge in [0.05, 0.1) is 6.21 Å². The molecule has 0 atom stereocenters. The molecule has 8 nitrogen and oxygen atoms in total. The Kier molecular flexibility index (Phi) is 7.67. The van der Waals surface area contributed by atoms with E-state index in [1.807, 2.05) is 61.5 Å². The molecule has 4 aromatic rings. The van der Waals surface area contributed by atoms with Crippen molar-refractivity contribution in [2.75, 3.05) is 17.2 Å². The van der Waals surface area contributed by atoms with Gasteiger partial charge < -0.3 is 15.4 Å². The fourth-order valence-corrected chi connectivity index (χ4v) is 3.36. The highest BCUT2D eigenvalue weighted by molar-refractivity contribution is 6.40. The number of fused-ring (bicyclic) bond motifs is 1. The van der Waals surface area contributed by atoms with Gasteiger partial charge in [-0.3, -0.25) is 14.4 Å². The van der Waals surface area contributed by atoms with E-state index in [1.54, 1.807) is 36.4 Å². The Morgan fingerprint density at radius 2 is 1.53 bits per heavy atom. The molecule has 0 aliphatic heterocycles. The van der Waals surface area contributed by atoms with Gasteiger partial charge in [0, 0.05) is 16.8 Å². The molecule has 0 spiro atoms. The van der Waals surface area contributed by atoms with Crippen LogP contribution in [0, 0.1) is 6.92 Å². The van der Waals surface area contributed by atoms with Crippen molar-refractivity contribution in [3.8, 4) is 5.75 Å². The number of rotatable bonds is 7. The molecule has 0 radical (unpaired) electrons. The smallest absolute Gasteiger partial charge is 0.329 e. The normalized spacial score (nSPS) is 10.7. The number of anilines is 2. The minimum absolute atomic E-state index is 0.136. The minimum Gasteiger partial charge on any atom is -0.484 e. The molecule has 4 rings (SSSR count). The lowest BCUT2D eigenvalue weighted by atomic mass is 10.1. The Morgan fingerprint density at radius 1 is 0.806 bits per heavy atom. The van der Waals surface area contributed by atoms with E-state index in [4.69, 9.17) is 4.74 Å². The summed E-state index contributed by atoms with van der Waals surface area (Å²) in [4.78, 5) is 36.4. The molecule has 0 saturated carbocycles. The van der Waals surface area contributed by atoms with Crippen LogP contribution in [0.25, 0.3) is 10.8 Å². The quantitative estimate of drug-likeness (QED) is 0.209. The van der Waals surface area contributed by atoms with Crippen LogP contribution in [0.3, 0.4) is 0 Å². The zero-order valence-electron chi connectivity index (χ0n) is 19.5. The number of ether oxygens (including phenoxy) is 1. The Balaban J connectivity index is 1.24. The largest absolute Gasteiger partial charge is 0.484 e. The summed E-state index contributed by atoms with van der Waals surface area (Å²) in [7, 11) is 0. The van der Waals surface area contributed by atoms with Gasteiger partial charge in [0.25, 0.3) is 5.91 Å². The maximum absolute atomic E-state index is 12.3. The van der Waals surface area contributed by atoms with E-state index in [1.165, 1.54) is 6.21 Å². The van der Waals surface area contributed by atoms with Gasteiger partial charge in [0.15, 0.2) is 6.61 Å². The standard InChI is InChI=1S/C28H24N4O4/c1-19-9-13-22(14-10-19)30-26(33)18-36-23-15-11-20(12-16-23)17-29-32-28(35)27(34)31-25-8-4-6-21-5-2-3-7-24(21)25/h2-17H,18H2,1H3,(H,30,33)(H,31,34)(H,32,35)/b29-17-. The number of nitrogens with zero attached hydrogens (tertiary/aromatic N) is 1. The van der Waals surface area contributed by atoms with E-state index in [0.717, 1.165) is 16.3 Å². The maximum Gasteiger partial charge on any atom is 0.329 e. The number of nitrogens with one attached hydrogen (secondary N) is 3. The third-order valence-electron chi connectivity index (χ3n) is 5.21. The van der Waals surface area contributed by atoms with Gasteiger partial charge in [-0.15, -0.1) is 0 Å². The lowest BCUT2D eigenvalue weighted by Crippen LogP contribution is -2.32. The zero-order chi connectivity index (χ0) is 25.3. The monoisotopic (exact) mass is 480 g/mol. The SMILES string of the molecule is Cc1ccc(NC(=O)COc2ccc(/C=N\NC(=O)C(=O)Nc3cccc4ccccc34)cc2)cc1. The Labute approximate surface area is 208 Å². The average molecular weight is 481 g/mol. The molecule has 0 aromatic heterocycles. The average Bonchev–Trinajstić information content (AvgIpc) is 2.89. The van der Waals surface area contributed by atoms with Crippen LogP contribution in [-0.2, 0) is 14.4 Å². The first-order valence-electron chi connectivity index (χ1n) is 11.2. The molecule has 0 saturated heterocycles. The summed E-state index contributed by atoms with van der Waals surface area (Å²) in [6.45, 7) is 1.84. The molecule has 0 aliphatic rings. The number of hydrogen-bond acceptors (Lipinski definition) is 5. The Bertz CT molecular complexity index is 1410. The first kappa shape index (κ1) is 24.2. The van der Waals surface area contributed by atoms with Crippen LogP contribution in [0.2, 0.25) is 0 Å². The van der Waals surface area contributed by atoms with Gasteiger partial charge >= 0.3 is 11.8 Å².